The lowest BCUT2D eigenvalue weighted by molar-refractivity contribution is 0.669. The zero-order valence-electron chi connectivity index (χ0n) is 30.7. The Bertz CT molecular complexity index is 3550. The molecule has 0 radical (unpaired) electrons. The summed E-state index contributed by atoms with van der Waals surface area (Å²) in [5.41, 5.74) is 9.97. The standard InChI is InChI=1S/C52H32N4O/c1-2-14-37(15-3-1)55(38-25-22-33-12-4-5-13-34(33)31-38)39-26-28-47-44(32-39)41-16-7-10-20-46(41)56(47)52-53-45-19-9-6-17-42(45)51(54-52)36-23-27-40-35(30-36)24-29-49-50(40)43-18-8-11-21-48(43)57-49/h1-32H. The molecule has 0 atom stereocenters. The largest absolute Gasteiger partial charge is 0.456 e. The summed E-state index contributed by atoms with van der Waals surface area (Å²) >= 11 is 0. The first-order valence-corrected chi connectivity index (χ1v) is 19.2. The van der Waals surface area contributed by atoms with Crippen LogP contribution in [0.5, 0.6) is 0 Å². The number of furan rings is 1. The normalized spacial score (nSPS) is 11.9. The fraction of sp³-hybridized carbons (Fsp3) is 0. The summed E-state index contributed by atoms with van der Waals surface area (Å²) in [6.45, 7) is 0. The minimum absolute atomic E-state index is 0.633. The number of hydrogen-bond acceptors (Lipinski definition) is 4. The Kier molecular flexibility index (Phi) is 6.86. The van der Waals surface area contributed by atoms with Gasteiger partial charge in [-0.3, -0.25) is 4.57 Å². The summed E-state index contributed by atoms with van der Waals surface area (Å²) < 4.78 is 8.43. The molecule has 12 aromatic rings. The van der Waals surface area contributed by atoms with Gasteiger partial charge in [0.15, 0.2) is 0 Å². The van der Waals surface area contributed by atoms with Gasteiger partial charge in [-0.2, -0.15) is 0 Å². The van der Waals surface area contributed by atoms with E-state index < -0.39 is 0 Å². The van der Waals surface area contributed by atoms with Crippen LogP contribution in [-0.2, 0) is 0 Å². The molecule has 0 aliphatic carbocycles. The van der Waals surface area contributed by atoms with Crippen molar-refractivity contribution in [2.75, 3.05) is 4.90 Å². The lowest BCUT2D eigenvalue weighted by atomic mass is 9.99. The van der Waals surface area contributed by atoms with Crippen LogP contribution >= 0.6 is 0 Å². The van der Waals surface area contributed by atoms with Crippen molar-refractivity contribution in [2.24, 2.45) is 0 Å². The third kappa shape index (κ3) is 4.96. The van der Waals surface area contributed by atoms with Crippen molar-refractivity contribution in [1.29, 1.82) is 0 Å². The first-order valence-electron chi connectivity index (χ1n) is 19.2. The molecule has 0 spiro atoms. The molecule has 0 unspecified atom stereocenters. The second-order valence-corrected chi connectivity index (χ2v) is 14.6. The van der Waals surface area contributed by atoms with Crippen LogP contribution in [-0.4, -0.2) is 14.5 Å². The Morgan fingerprint density at radius 3 is 2.02 bits per heavy atom. The van der Waals surface area contributed by atoms with Gasteiger partial charge in [-0.1, -0.05) is 121 Å². The third-order valence-corrected chi connectivity index (χ3v) is 11.3. The van der Waals surface area contributed by atoms with E-state index in [0.717, 1.165) is 93.7 Å². The topological polar surface area (TPSA) is 47.1 Å². The highest BCUT2D eigenvalue weighted by Crippen LogP contribution is 2.41. The molecule has 5 nitrogen and oxygen atoms in total. The molecule has 3 aromatic heterocycles. The predicted molar refractivity (Wildman–Crippen MR) is 236 cm³/mol. The Hall–Kier alpha value is -7.76. The average Bonchev–Trinajstić information content (AvgIpc) is 3.82. The fourth-order valence-electron chi connectivity index (χ4n) is 8.74. The molecule has 57 heavy (non-hydrogen) atoms. The van der Waals surface area contributed by atoms with Gasteiger partial charge in [-0.15, -0.1) is 0 Å². The van der Waals surface area contributed by atoms with Gasteiger partial charge in [-0.25, -0.2) is 9.97 Å². The fourth-order valence-corrected chi connectivity index (χ4v) is 8.74. The van der Waals surface area contributed by atoms with E-state index in [1.807, 2.05) is 18.2 Å². The smallest absolute Gasteiger partial charge is 0.235 e. The molecule has 3 heterocycles. The Labute approximate surface area is 327 Å². The van der Waals surface area contributed by atoms with E-state index in [4.69, 9.17) is 14.4 Å². The summed E-state index contributed by atoms with van der Waals surface area (Å²) in [4.78, 5) is 13.0. The Morgan fingerprint density at radius 1 is 0.404 bits per heavy atom. The van der Waals surface area contributed by atoms with E-state index in [2.05, 4.69) is 185 Å². The van der Waals surface area contributed by atoms with Crippen LogP contribution in [0.4, 0.5) is 17.1 Å². The molecule has 12 rings (SSSR count). The maximum Gasteiger partial charge on any atom is 0.235 e. The van der Waals surface area contributed by atoms with Gasteiger partial charge in [-0.05, 0) is 94.3 Å². The van der Waals surface area contributed by atoms with Crippen molar-refractivity contribution in [3.63, 3.8) is 0 Å². The molecule has 0 saturated heterocycles. The molecule has 0 saturated carbocycles. The van der Waals surface area contributed by atoms with E-state index in [-0.39, 0.29) is 0 Å². The maximum atomic E-state index is 6.22. The SMILES string of the molecule is c1ccc(N(c2ccc3ccccc3c2)c2ccc3c(c2)c2ccccc2n3-c2nc(-c3ccc4c(ccc5oc6ccccc6c54)c3)c3ccccc3n2)cc1. The van der Waals surface area contributed by atoms with Crippen LogP contribution in [0, 0.1) is 0 Å². The summed E-state index contributed by atoms with van der Waals surface area (Å²) in [7, 11) is 0. The number of aromatic nitrogens is 3. The monoisotopic (exact) mass is 728 g/mol. The van der Waals surface area contributed by atoms with E-state index in [1.54, 1.807) is 0 Å². The minimum atomic E-state index is 0.633. The number of benzene rings is 9. The van der Waals surface area contributed by atoms with Gasteiger partial charge in [0.05, 0.1) is 22.2 Å². The van der Waals surface area contributed by atoms with Crippen molar-refractivity contribution in [2.45, 2.75) is 0 Å². The lowest BCUT2D eigenvalue weighted by Crippen LogP contribution is -2.10. The van der Waals surface area contributed by atoms with Gasteiger partial charge in [0, 0.05) is 49.6 Å². The van der Waals surface area contributed by atoms with Gasteiger partial charge < -0.3 is 9.32 Å². The minimum Gasteiger partial charge on any atom is -0.456 e. The van der Waals surface area contributed by atoms with Crippen molar-refractivity contribution >= 4 is 93.3 Å². The van der Waals surface area contributed by atoms with Crippen LogP contribution in [0.2, 0.25) is 0 Å². The number of rotatable bonds is 5. The Morgan fingerprint density at radius 2 is 1.11 bits per heavy atom. The maximum absolute atomic E-state index is 6.22. The molecule has 266 valence electrons. The van der Waals surface area contributed by atoms with E-state index >= 15 is 0 Å². The van der Waals surface area contributed by atoms with Crippen LogP contribution in [0.3, 0.4) is 0 Å². The van der Waals surface area contributed by atoms with Crippen LogP contribution in [0.15, 0.2) is 199 Å². The van der Waals surface area contributed by atoms with E-state index in [1.165, 1.54) is 10.8 Å². The molecular formula is C52H32N4O. The number of hydrogen-bond donors (Lipinski definition) is 0. The molecule has 0 aliphatic rings. The third-order valence-electron chi connectivity index (χ3n) is 11.3. The zero-order valence-corrected chi connectivity index (χ0v) is 30.7. The lowest BCUT2D eigenvalue weighted by Gasteiger charge is -2.26. The zero-order chi connectivity index (χ0) is 37.5. The van der Waals surface area contributed by atoms with Gasteiger partial charge in [0.1, 0.15) is 11.2 Å². The first-order chi connectivity index (χ1) is 28.2. The molecule has 9 aromatic carbocycles. The van der Waals surface area contributed by atoms with E-state index in [0.29, 0.717) is 5.95 Å². The van der Waals surface area contributed by atoms with Crippen molar-refractivity contribution in [1.82, 2.24) is 14.5 Å². The highest BCUT2D eigenvalue weighted by Gasteiger charge is 2.20. The van der Waals surface area contributed by atoms with Crippen LogP contribution < -0.4 is 4.90 Å². The number of fused-ring (bicyclic) bond motifs is 10. The molecule has 0 fully saturated rings. The molecular weight excluding hydrogens is 697 g/mol. The highest BCUT2D eigenvalue weighted by molar-refractivity contribution is 6.19. The molecule has 0 aliphatic heterocycles. The molecule has 5 heteroatoms. The summed E-state index contributed by atoms with van der Waals surface area (Å²) in [5.74, 6) is 0.633. The Balaban J connectivity index is 1.05. The number of para-hydroxylation sites is 4. The highest BCUT2D eigenvalue weighted by atomic mass is 16.3. The summed E-state index contributed by atoms with van der Waals surface area (Å²) in [6.07, 6.45) is 0. The summed E-state index contributed by atoms with van der Waals surface area (Å²) in [6, 6.07) is 68.5. The second-order valence-electron chi connectivity index (χ2n) is 14.6. The van der Waals surface area contributed by atoms with Crippen LogP contribution in [0.1, 0.15) is 0 Å². The van der Waals surface area contributed by atoms with Crippen molar-refractivity contribution in [3.05, 3.63) is 194 Å². The quantitative estimate of drug-likeness (QED) is 0.177. The molecule has 0 amide bonds. The average molecular weight is 729 g/mol. The van der Waals surface area contributed by atoms with Gasteiger partial charge >= 0.3 is 0 Å². The van der Waals surface area contributed by atoms with Crippen LogP contribution in [0.25, 0.3) is 93.4 Å². The predicted octanol–water partition coefficient (Wildman–Crippen LogP) is 14.1. The second kappa shape index (κ2) is 12.4. The van der Waals surface area contributed by atoms with E-state index in [9.17, 15) is 0 Å². The number of nitrogens with zero attached hydrogens (tertiary/aromatic N) is 4. The first kappa shape index (κ1) is 31.6. The number of anilines is 3. The molecule has 0 N–H and O–H groups in total. The summed E-state index contributed by atoms with van der Waals surface area (Å²) in [5, 5.41) is 10.3. The molecule has 0 bridgehead atoms. The van der Waals surface area contributed by atoms with Gasteiger partial charge in [0.25, 0.3) is 0 Å². The van der Waals surface area contributed by atoms with Crippen molar-refractivity contribution in [3.8, 4) is 17.2 Å². The van der Waals surface area contributed by atoms with Crippen molar-refractivity contribution < 1.29 is 4.42 Å². The van der Waals surface area contributed by atoms with Gasteiger partial charge in [0.2, 0.25) is 5.95 Å².